The molecule has 0 saturated carbocycles. The van der Waals surface area contributed by atoms with Gasteiger partial charge in [0.2, 0.25) is 0 Å². The Labute approximate surface area is 160 Å². The lowest BCUT2D eigenvalue weighted by Crippen LogP contribution is -2.49. The van der Waals surface area contributed by atoms with Crippen molar-refractivity contribution in [3.05, 3.63) is 53.1 Å². The molecule has 0 bridgehead atoms. The molecular formula is C18H18ClN5OS. The number of nitrogen functional groups attached to an aromatic ring is 1. The highest BCUT2D eigenvalue weighted by atomic mass is 35.5. The van der Waals surface area contributed by atoms with Crippen molar-refractivity contribution in [2.24, 2.45) is 5.84 Å². The van der Waals surface area contributed by atoms with Gasteiger partial charge in [-0.25, -0.2) is 10.8 Å². The minimum absolute atomic E-state index is 0.0674. The minimum Gasteiger partial charge on any atom is -0.365 e. The van der Waals surface area contributed by atoms with Crippen molar-refractivity contribution in [1.82, 2.24) is 9.88 Å². The number of nitrogens with one attached hydrogen (secondary N) is 1. The van der Waals surface area contributed by atoms with Gasteiger partial charge in [0.25, 0.3) is 5.91 Å². The fourth-order valence-electron chi connectivity index (χ4n) is 3.21. The van der Waals surface area contributed by atoms with Crippen LogP contribution in [0, 0.1) is 0 Å². The predicted molar refractivity (Wildman–Crippen MR) is 107 cm³/mol. The zero-order valence-corrected chi connectivity index (χ0v) is 15.6. The van der Waals surface area contributed by atoms with Gasteiger partial charge in [0.1, 0.15) is 5.52 Å². The fraction of sp³-hybridized carbons (Fsp3) is 0.222. The third kappa shape index (κ3) is 3.09. The number of carbonyl (C=O) groups excluding carboxylic acids is 1. The maximum atomic E-state index is 12.6. The van der Waals surface area contributed by atoms with Crippen molar-refractivity contribution in [3.63, 3.8) is 0 Å². The molecule has 8 heteroatoms. The van der Waals surface area contributed by atoms with Gasteiger partial charge < -0.3 is 9.80 Å². The van der Waals surface area contributed by atoms with E-state index in [1.807, 2.05) is 47.4 Å². The molecule has 0 unspecified atom stereocenters. The quantitative estimate of drug-likeness (QED) is 0.533. The summed E-state index contributed by atoms with van der Waals surface area (Å²) in [6.45, 7) is 2.71. The van der Waals surface area contributed by atoms with Crippen LogP contribution in [0.2, 0.25) is 5.02 Å². The van der Waals surface area contributed by atoms with Crippen molar-refractivity contribution >= 4 is 49.9 Å². The fourth-order valence-corrected chi connectivity index (χ4v) is 4.27. The molecule has 1 aromatic heterocycles. The Hall–Kier alpha value is -2.35. The number of aromatic nitrogens is 1. The summed E-state index contributed by atoms with van der Waals surface area (Å²) in [6.07, 6.45) is 0. The number of hydrazine groups is 1. The van der Waals surface area contributed by atoms with Crippen LogP contribution < -0.4 is 16.2 Å². The zero-order chi connectivity index (χ0) is 18.1. The summed E-state index contributed by atoms with van der Waals surface area (Å²) in [5.41, 5.74) is 5.08. The van der Waals surface area contributed by atoms with E-state index in [1.54, 1.807) is 0 Å². The second-order valence-electron chi connectivity index (χ2n) is 6.05. The molecule has 1 amide bonds. The maximum Gasteiger partial charge on any atom is 0.253 e. The number of benzene rings is 2. The molecule has 0 radical (unpaired) electrons. The summed E-state index contributed by atoms with van der Waals surface area (Å²) in [6, 6.07) is 13.2. The van der Waals surface area contributed by atoms with E-state index >= 15 is 0 Å². The van der Waals surface area contributed by atoms with Gasteiger partial charge in [-0.2, -0.15) is 0 Å². The van der Waals surface area contributed by atoms with Crippen LogP contribution in [0.5, 0.6) is 0 Å². The van der Waals surface area contributed by atoms with Crippen molar-refractivity contribution in [2.45, 2.75) is 0 Å². The largest absolute Gasteiger partial charge is 0.365 e. The van der Waals surface area contributed by atoms with E-state index < -0.39 is 0 Å². The number of piperazine rings is 1. The molecule has 1 aliphatic rings. The molecular weight excluding hydrogens is 370 g/mol. The lowest BCUT2D eigenvalue weighted by molar-refractivity contribution is 0.0747. The van der Waals surface area contributed by atoms with Crippen LogP contribution in [-0.4, -0.2) is 42.0 Å². The van der Waals surface area contributed by atoms with Gasteiger partial charge in [-0.15, -0.1) is 0 Å². The molecule has 0 spiro atoms. The van der Waals surface area contributed by atoms with Crippen molar-refractivity contribution in [1.29, 1.82) is 0 Å². The molecule has 2 heterocycles. The van der Waals surface area contributed by atoms with Crippen LogP contribution in [0.4, 0.5) is 10.8 Å². The van der Waals surface area contributed by atoms with E-state index in [0.29, 0.717) is 36.3 Å². The summed E-state index contributed by atoms with van der Waals surface area (Å²) in [7, 11) is 0. The zero-order valence-electron chi connectivity index (χ0n) is 14.0. The normalized spacial score (nSPS) is 14.7. The molecule has 26 heavy (non-hydrogen) atoms. The number of fused-ring (bicyclic) bond motifs is 1. The number of carbonyl (C=O) groups is 1. The first-order valence-corrected chi connectivity index (χ1v) is 9.52. The molecule has 1 saturated heterocycles. The number of thiazole rings is 1. The number of hydrogen-bond donors (Lipinski definition) is 2. The van der Waals surface area contributed by atoms with Crippen molar-refractivity contribution in [3.8, 4) is 0 Å². The SMILES string of the molecule is NNc1nc2c(N3CCN(C(=O)c4ccccc4)CC3)c(Cl)ccc2s1. The highest BCUT2D eigenvalue weighted by Gasteiger charge is 2.25. The van der Waals surface area contributed by atoms with E-state index in [4.69, 9.17) is 17.4 Å². The number of nitrogens with zero attached hydrogens (tertiary/aromatic N) is 3. The highest BCUT2D eigenvalue weighted by Crippen LogP contribution is 2.38. The Kier molecular flexibility index (Phi) is 4.67. The third-order valence-corrected chi connectivity index (χ3v) is 5.77. The number of rotatable bonds is 3. The van der Waals surface area contributed by atoms with E-state index in [2.05, 4.69) is 15.3 Å². The minimum atomic E-state index is 0.0674. The first-order chi connectivity index (χ1) is 12.7. The van der Waals surface area contributed by atoms with Crippen LogP contribution in [0.1, 0.15) is 10.4 Å². The predicted octanol–water partition coefficient (Wildman–Crippen LogP) is 3.20. The summed E-state index contributed by atoms with van der Waals surface area (Å²) in [4.78, 5) is 21.2. The summed E-state index contributed by atoms with van der Waals surface area (Å²) in [5, 5.41) is 1.32. The summed E-state index contributed by atoms with van der Waals surface area (Å²) in [5.74, 6) is 5.56. The van der Waals surface area contributed by atoms with Gasteiger partial charge in [0.05, 0.1) is 15.4 Å². The van der Waals surface area contributed by atoms with E-state index in [0.717, 1.165) is 21.5 Å². The Bertz CT molecular complexity index is 937. The number of amides is 1. The van der Waals surface area contributed by atoms with Gasteiger partial charge in [0.15, 0.2) is 5.13 Å². The second-order valence-corrected chi connectivity index (χ2v) is 7.49. The lowest BCUT2D eigenvalue weighted by atomic mass is 10.1. The van der Waals surface area contributed by atoms with Crippen LogP contribution in [-0.2, 0) is 0 Å². The first-order valence-electron chi connectivity index (χ1n) is 8.32. The number of halogens is 1. The Morgan fingerprint density at radius 3 is 2.54 bits per heavy atom. The molecule has 3 N–H and O–H groups in total. The highest BCUT2D eigenvalue weighted by molar-refractivity contribution is 7.22. The van der Waals surface area contributed by atoms with Crippen LogP contribution in [0.3, 0.4) is 0 Å². The Morgan fingerprint density at radius 1 is 1.12 bits per heavy atom. The molecule has 6 nitrogen and oxygen atoms in total. The van der Waals surface area contributed by atoms with Crippen LogP contribution in [0.25, 0.3) is 10.2 Å². The smallest absolute Gasteiger partial charge is 0.253 e. The van der Waals surface area contributed by atoms with Gasteiger partial charge in [-0.05, 0) is 24.3 Å². The van der Waals surface area contributed by atoms with E-state index in [-0.39, 0.29) is 5.91 Å². The molecule has 2 aromatic carbocycles. The average Bonchev–Trinajstić information content (AvgIpc) is 3.11. The van der Waals surface area contributed by atoms with Crippen LogP contribution in [0.15, 0.2) is 42.5 Å². The monoisotopic (exact) mass is 387 g/mol. The van der Waals surface area contributed by atoms with Gasteiger partial charge >= 0.3 is 0 Å². The van der Waals surface area contributed by atoms with E-state index in [1.165, 1.54) is 11.3 Å². The van der Waals surface area contributed by atoms with Crippen molar-refractivity contribution < 1.29 is 4.79 Å². The second kappa shape index (κ2) is 7.11. The first kappa shape index (κ1) is 17.1. The number of hydrogen-bond acceptors (Lipinski definition) is 6. The van der Waals surface area contributed by atoms with Gasteiger partial charge in [-0.3, -0.25) is 10.2 Å². The molecule has 0 aliphatic carbocycles. The molecule has 1 fully saturated rings. The van der Waals surface area contributed by atoms with Gasteiger partial charge in [0, 0.05) is 31.7 Å². The molecule has 0 atom stereocenters. The van der Waals surface area contributed by atoms with Gasteiger partial charge in [-0.1, -0.05) is 41.1 Å². The number of nitrogens with two attached hydrogens (primary N) is 1. The van der Waals surface area contributed by atoms with Crippen molar-refractivity contribution in [2.75, 3.05) is 36.5 Å². The summed E-state index contributed by atoms with van der Waals surface area (Å²) < 4.78 is 1.03. The van der Waals surface area contributed by atoms with E-state index in [9.17, 15) is 4.79 Å². The third-order valence-electron chi connectivity index (χ3n) is 4.51. The lowest BCUT2D eigenvalue weighted by Gasteiger charge is -2.36. The Morgan fingerprint density at radius 2 is 1.85 bits per heavy atom. The number of anilines is 2. The summed E-state index contributed by atoms with van der Waals surface area (Å²) >= 11 is 7.96. The molecule has 1 aliphatic heterocycles. The molecule has 4 rings (SSSR count). The Balaban J connectivity index is 1.55. The molecule has 3 aromatic rings. The van der Waals surface area contributed by atoms with Crippen LogP contribution >= 0.6 is 22.9 Å². The molecule has 134 valence electrons. The topological polar surface area (TPSA) is 74.5 Å². The maximum absolute atomic E-state index is 12.6. The average molecular weight is 388 g/mol. The standard InChI is InChI=1S/C18H18ClN5OS/c19-13-6-7-14-15(21-18(22-20)26-14)16(13)23-8-10-24(11-9-23)17(25)12-4-2-1-3-5-12/h1-7H,8-11,20H2,(H,21,22).